The average Bonchev–Trinajstić information content (AvgIpc) is 3.03. The molecule has 172 valence electrons. The topological polar surface area (TPSA) is 91.4 Å². The summed E-state index contributed by atoms with van der Waals surface area (Å²) in [6.07, 6.45) is 0.813. The molecule has 9 heteroatoms. The van der Waals surface area contributed by atoms with E-state index >= 15 is 0 Å². The van der Waals surface area contributed by atoms with Crippen molar-refractivity contribution in [3.63, 3.8) is 0 Å². The number of carbonyl (C=O) groups excluding carboxylic acids is 3. The Kier molecular flexibility index (Phi) is 9.58. The third kappa shape index (κ3) is 6.85. The second-order valence-electron chi connectivity index (χ2n) is 7.37. The molecule has 1 heterocycles. The Morgan fingerprint density at radius 3 is 2.45 bits per heavy atom. The van der Waals surface area contributed by atoms with Crippen LogP contribution in [0, 0.1) is 0 Å². The molecular formula is C22H34N4O5. The third-order valence-electron chi connectivity index (χ3n) is 5.46. The monoisotopic (exact) mass is 434 g/mol. The second-order valence-corrected chi connectivity index (χ2v) is 7.37. The molecule has 2 rings (SSSR count). The lowest BCUT2D eigenvalue weighted by atomic mass is 10.1. The van der Waals surface area contributed by atoms with E-state index in [9.17, 15) is 14.4 Å². The normalized spacial score (nSPS) is 14.5. The molecule has 0 saturated carbocycles. The summed E-state index contributed by atoms with van der Waals surface area (Å²) in [5.74, 6) is 0.0644. The van der Waals surface area contributed by atoms with Crippen LogP contribution >= 0.6 is 0 Å². The molecule has 0 bridgehead atoms. The second kappa shape index (κ2) is 12.1. The summed E-state index contributed by atoms with van der Waals surface area (Å²) in [6.45, 7) is 8.70. The van der Waals surface area contributed by atoms with Gasteiger partial charge in [0.2, 0.25) is 5.91 Å². The number of esters is 1. The van der Waals surface area contributed by atoms with Gasteiger partial charge in [0.25, 0.3) is 0 Å². The molecule has 1 fully saturated rings. The number of urea groups is 1. The van der Waals surface area contributed by atoms with Crippen molar-refractivity contribution in [3.05, 3.63) is 29.3 Å². The van der Waals surface area contributed by atoms with E-state index < -0.39 is 5.97 Å². The molecule has 1 aromatic carbocycles. The van der Waals surface area contributed by atoms with Crippen LogP contribution in [0.15, 0.2) is 18.2 Å². The predicted octanol–water partition coefficient (Wildman–Crippen LogP) is 1.57. The van der Waals surface area contributed by atoms with Crippen molar-refractivity contribution in [3.8, 4) is 5.75 Å². The van der Waals surface area contributed by atoms with Crippen molar-refractivity contribution in [1.82, 2.24) is 20.0 Å². The van der Waals surface area contributed by atoms with Crippen molar-refractivity contribution in [2.24, 2.45) is 0 Å². The van der Waals surface area contributed by atoms with E-state index in [-0.39, 0.29) is 18.5 Å². The van der Waals surface area contributed by atoms with Gasteiger partial charge in [-0.15, -0.1) is 0 Å². The lowest BCUT2D eigenvalue weighted by Gasteiger charge is -2.25. The predicted molar refractivity (Wildman–Crippen MR) is 117 cm³/mol. The van der Waals surface area contributed by atoms with Crippen LogP contribution in [0.5, 0.6) is 5.75 Å². The molecule has 1 aliphatic heterocycles. The van der Waals surface area contributed by atoms with E-state index in [1.54, 1.807) is 23.1 Å². The molecule has 0 aromatic heterocycles. The van der Waals surface area contributed by atoms with Gasteiger partial charge in [-0.05, 0) is 38.0 Å². The molecule has 0 unspecified atom stereocenters. The molecule has 0 spiro atoms. The summed E-state index contributed by atoms with van der Waals surface area (Å²) in [5, 5.41) is 2.91. The smallest absolute Gasteiger partial charge is 0.341 e. The first-order valence-electron chi connectivity index (χ1n) is 10.7. The van der Waals surface area contributed by atoms with Crippen LogP contribution in [0.1, 0.15) is 36.2 Å². The van der Waals surface area contributed by atoms with Crippen molar-refractivity contribution >= 4 is 17.9 Å². The number of amides is 3. The maximum atomic E-state index is 12.7. The number of methoxy groups -OCH3 is 2. The molecule has 0 atom stereocenters. The molecule has 0 aliphatic carbocycles. The Bertz CT molecular complexity index is 766. The molecule has 31 heavy (non-hydrogen) atoms. The SMILES string of the molecule is CCN(CC)C(=O)CN1CCCN(C(=O)NCc2ccc(OC)c(C(=O)OC)c2)CC1. The average molecular weight is 435 g/mol. The van der Waals surface area contributed by atoms with Crippen molar-refractivity contribution in [2.75, 3.05) is 60.0 Å². The standard InChI is InChI=1S/C22H34N4O5/c1-5-25(6-2)20(27)16-24-10-7-11-26(13-12-24)22(29)23-15-17-8-9-19(30-3)18(14-17)21(28)31-4/h8-9,14H,5-7,10-13,15-16H2,1-4H3,(H,23,29). The van der Waals surface area contributed by atoms with Crippen LogP contribution in [0.2, 0.25) is 0 Å². The number of benzene rings is 1. The largest absolute Gasteiger partial charge is 0.496 e. The molecule has 1 N–H and O–H groups in total. The van der Waals surface area contributed by atoms with Crippen LogP contribution in [0.3, 0.4) is 0 Å². The summed E-state index contributed by atoms with van der Waals surface area (Å²) >= 11 is 0. The van der Waals surface area contributed by atoms with Crippen molar-refractivity contribution in [1.29, 1.82) is 0 Å². The number of hydrogen-bond acceptors (Lipinski definition) is 6. The Hall–Kier alpha value is -2.81. The fraction of sp³-hybridized carbons (Fsp3) is 0.591. The molecular weight excluding hydrogens is 400 g/mol. The van der Waals surface area contributed by atoms with Gasteiger partial charge in [-0.2, -0.15) is 0 Å². The van der Waals surface area contributed by atoms with E-state index in [4.69, 9.17) is 9.47 Å². The van der Waals surface area contributed by atoms with E-state index in [2.05, 4.69) is 10.2 Å². The van der Waals surface area contributed by atoms with Gasteiger partial charge in [0.1, 0.15) is 11.3 Å². The van der Waals surface area contributed by atoms with E-state index in [0.717, 1.165) is 18.5 Å². The minimum Gasteiger partial charge on any atom is -0.496 e. The maximum Gasteiger partial charge on any atom is 0.341 e. The number of hydrogen-bond donors (Lipinski definition) is 1. The number of likely N-dealkylation sites (N-methyl/N-ethyl adjacent to an activating group) is 1. The van der Waals surface area contributed by atoms with Crippen molar-refractivity contribution < 1.29 is 23.9 Å². The number of ether oxygens (including phenoxy) is 2. The maximum absolute atomic E-state index is 12.7. The van der Waals surface area contributed by atoms with Gasteiger partial charge in [-0.1, -0.05) is 6.07 Å². The number of nitrogens with one attached hydrogen (secondary N) is 1. The van der Waals surface area contributed by atoms with Crippen LogP contribution in [0.25, 0.3) is 0 Å². The lowest BCUT2D eigenvalue weighted by Crippen LogP contribution is -2.43. The van der Waals surface area contributed by atoms with Crippen LogP contribution in [0.4, 0.5) is 4.79 Å². The van der Waals surface area contributed by atoms with Crippen LogP contribution < -0.4 is 10.1 Å². The van der Waals surface area contributed by atoms with E-state index in [1.165, 1.54) is 14.2 Å². The Morgan fingerprint density at radius 1 is 1.06 bits per heavy atom. The number of carbonyl (C=O) groups is 3. The van der Waals surface area contributed by atoms with Gasteiger partial charge in [0.05, 0.1) is 20.8 Å². The quantitative estimate of drug-likeness (QED) is 0.625. The minimum absolute atomic E-state index is 0.129. The zero-order chi connectivity index (χ0) is 22.8. The van der Waals surface area contributed by atoms with Gasteiger partial charge in [-0.3, -0.25) is 9.69 Å². The number of rotatable bonds is 8. The van der Waals surface area contributed by atoms with Gasteiger partial charge < -0.3 is 24.6 Å². The Morgan fingerprint density at radius 2 is 1.81 bits per heavy atom. The highest BCUT2D eigenvalue weighted by Crippen LogP contribution is 2.20. The Labute approximate surface area is 184 Å². The molecule has 1 saturated heterocycles. The van der Waals surface area contributed by atoms with Gasteiger partial charge in [0.15, 0.2) is 0 Å². The molecule has 0 radical (unpaired) electrons. The van der Waals surface area contributed by atoms with Gasteiger partial charge >= 0.3 is 12.0 Å². The van der Waals surface area contributed by atoms with E-state index in [1.807, 2.05) is 18.7 Å². The highest BCUT2D eigenvalue weighted by Gasteiger charge is 2.22. The zero-order valence-corrected chi connectivity index (χ0v) is 19.0. The fourth-order valence-electron chi connectivity index (χ4n) is 3.62. The summed E-state index contributed by atoms with van der Waals surface area (Å²) in [4.78, 5) is 42.6. The zero-order valence-electron chi connectivity index (χ0n) is 19.0. The molecule has 9 nitrogen and oxygen atoms in total. The highest BCUT2D eigenvalue weighted by atomic mass is 16.5. The first kappa shape index (κ1) is 24.5. The molecule has 1 aromatic rings. The third-order valence-corrected chi connectivity index (χ3v) is 5.46. The molecule has 3 amide bonds. The molecule has 1 aliphatic rings. The minimum atomic E-state index is -0.489. The van der Waals surface area contributed by atoms with Crippen molar-refractivity contribution in [2.45, 2.75) is 26.8 Å². The first-order chi connectivity index (χ1) is 14.9. The summed E-state index contributed by atoms with van der Waals surface area (Å²) in [5.41, 5.74) is 1.09. The fourth-order valence-corrected chi connectivity index (χ4v) is 3.62. The summed E-state index contributed by atoms with van der Waals surface area (Å²) < 4.78 is 9.99. The number of nitrogens with zero attached hydrogens (tertiary/aromatic N) is 3. The van der Waals surface area contributed by atoms with Crippen LogP contribution in [-0.4, -0.2) is 92.6 Å². The van der Waals surface area contributed by atoms with Crippen LogP contribution in [-0.2, 0) is 16.1 Å². The van der Waals surface area contributed by atoms with Gasteiger partial charge in [-0.25, -0.2) is 9.59 Å². The van der Waals surface area contributed by atoms with E-state index in [0.29, 0.717) is 50.6 Å². The lowest BCUT2D eigenvalue weighted by molar-refractivity contribution is -0.132. The summed E-state index contributed by atoms with van der Waals surface area (Å²) in [6, 6.07) is 4.99. The van der Waals surface area contributed by atoms with Gasteiger partial charge in [0, 0.05) is 45.8 Å². The first-order valence-corrected chi connectivity index (χ1v) is 10.7. The highest BCUT2D eigenvalue weighted by molar-refractivity contribution is 5.92. The summed E-state index contributed by atoms with van der Waals surface area (Å²) in [7, 11) is 2.80. The Balaban J connectivity index is 1.89.